The minimum Gasteiger partial charge on any atom is -0.460 e. The lowest BCUT2D eigenvalue weighted by molar-refractivity contribution is 0.0181. The number of esters is 1. The summed E-state index contributed by atoms with van der Waals surface area (Å²) in [5.74, 6) is -0.168. The molecular formula is C15H15N5O3S. The number of ether oxygens (including phenoxy) is 2. The van der Waals surface area contributed by atoms with Gasteiger partial charge in [-0.15, -0.1) is 0 Å². The third-order valence-electron chi connectivity index (χ3n) is 3.19. The number of nitrogens with zero attached hydrogens (tertiary/aromatic N) is 3. The molecule has 3 aromatic rings. The summed E-state index contributed by atoms with van der Waals surface area (Å²) in [5.41, 5.74) is 7.24. The van der Waals surface area contributed by atoms with Crippen LogP contribution in [0.25, 0.3) is 11.2 Å². The Balaban J connectivity index is 1.51. The van der Waals surface area contributed by atoms with Gasteiger partial charge in [0.1, 0.15) is 23.5 Å². The Hall–Kier alpha value is -2.78. The molecule has 2 aromatic heterocycles. The molecule has 0 saturated carbocycles. The zero-order chi connectivity index (χ0) is 16.9. The van der Waals surface area contributed by atoms with Gasteiger partial charge in [0.15, 0.2) is 5.65 Å². The second-order valence-corrected chi connectivity index (χ2v) is 5.29. The Morgan fingerprint density at radius 1 is 1.29 bits per heavy atom. The Morgan fingerprint density at radius 2 is 2.08 bits per heavy atom. The third kappa shape index (κ3) is 3.58. The van der Waals surface area contributed by atoms with Crippen LogP contribution in [0.4, 0.5) is 5.95 Å². The number of aromatic nitrogens is 4. The van der Waals surface area contributed by atoms with Crippen LogP contribution in [0.2, 0.25) is 0 Å². The molecule has 0 amide bonds. The topological polar surface area (TPSA) is 108 Å². The minimum atomic E-state index is -0.381. The van der Waals surface area contributed by atoms with Crippen molar-refractivity contribution in [2.24, 2.45) is 0 Å². The van der Waals surface area contributed by atoms with Gasteiger partial charge < -0.3 is 20.2 Å². The smallest absolute Gasteiger partial charge is 0.338 e. The van der Waals surface area contributed by atoms with Crippen molar-refractivity contribution >= 4 is 35.3 Å². The largest absolute Gasteiger partial charge is 0.460 e. The van der Waals surface area contributed by atoms with Gasteiger partial charge in [-0.05, 0) is 12.1 Å². The molecule has 0 saturated heterocycles. The van der Waals surface area contributed by atoms with Gasteiger partial charge in [-0.2, -0.15) is 4.98 Å². The number of H-pyrrole nitrogens is 1. The number of hydrogen-bond acceptors (Lipinski definition) is 7. The van der Waals surface area contributed by atoms with E-state index in [1.54, 1.807) is 35.2 Å². The molecule has 9 heteroatoms. The first kappa shape index (κ1) is 16.1. The molecule has 8 nitrogen and oxygen atoms in total. The molecule has 3 rings (SSSR count). The molecule has 0 aliphatic heterocycles. The summed E-state index contributed by atoms with van der Waals surface area (Å²) in [5, 5.41) is 0. The quantitative estimate of drug-likeness (QED) is 0.399. The van der Waals surface area contributed by atoms with Crippen LogP contribution < -0.4 is 5.73 Å². The van der Waals surface area contributed by atoms with Crippen LogP contribution in [0.3, 0.4) is 0 Å². The van der Waals surface area contributed by atoms with Crippen LogP contribution in [-0.2, 0) is 16.2 Å². The fourth-order valence-corrected chi connectivity index (χ4v) is 2.33. The molecule has 0 spiro atoms. The highest BCUT2D eigenvalue weighted by Gasteiger charge is 2.08. The number of rotatable bonds is 6. The zero-order valence-corrected chi connectivity index (χ0v) is 13.5. The monoisotopic (exact) mass is 345 g/mol. The fraction of sp³-hybridized carbons (Fsp3) is 0.200. The Morgan fingerprint density at radius 3 is 2.88 bits per heavy atom. The predicted molar refractivity (Wildman–Crippen MR) is 89.8 cm³/mol. The van der Waals surface area contributed by atoms with Crippen molar-refractivity contribution < 1.29 is 14.3 Å². The Labute approximate surface area is 142 Å². The fourth-order valence-electron chi connectivity index (χ4n) is 2.08. The Bertz CT molecular complexity index is 906. The summed E-state index contributed by atoms with van der Waals surface area (Å²) in [6, 6.07) is 8.78. The van der Waals surface area contributed by atoms with Crippen molar-refractivity contribution in [3.63, 3.8) is 0 Å². The first-order chi connectivity index (χ1) is 11.6. The van der Waals surface area contributed by atoms with Crippen LogP contribution in [0.1, 0.15) is 10.4 Å². The summed E-state index contributed by atoms with van der Waals surface area (Å²) in [7, 11) is 0. The molecule has 0 fully saturated rings. The van der Waals surface area contributed by atoms with Crippen LogP contribution >= 0.6 is 12.2 Å². The molecule has 1 aromatic carbocycles. The summed E-state index contributed by atoms with van der Waals surface area (Å²) in [4.78, 5) is 22.8. The summed E-state index contributed by atoms with van der Waals surface area (Å²) >= 11 is 5.13. The maximum atomic E-state index is 11.8. The third-order valence-corrected chi connectivity index (χ3v) is 3.49. The lowest BCUT2D eigenvalue weighted by Gasteiger charge is -2.07. The van der Waals surface area contributed by atoms with Gasteiger partial charge in [-0.1, -0.05) is 30.4 Å². The van der Waals surface area contributed by atoms with Crippen LogP contribution in [-0.4, -0.2) is 38.7 Å². The molecule has 0 aliphatic rings. The molecule has 24 heavy (non-hydrogen) atoms. The standard InChI is InChI=1S/C15H15N5O3S/c16-15-18-12-11(13(24)19-15)17-8-20(12)9-22-6-7-23-14(21)10-4-2-1-3-5-10/h1-5,8H,6-7,9H2,(H3,16,18,19,24). The lowest BCUT2D eigenvalue weighted by atomic mass is 10.2. The Kier molecular flexibility index (Phi) is 4.82. The molecule has 2 heterocycles. The van der Waals surface area contributed by atoms with Gasteiger partial charge in [-0.25, -0.2) is 9.78 Å². The van der Waals surface area contributed by atoms with Gasteiger partial charge >= 0.3 is 5.97 Å². The highest BCUT2D eigenvalue weighted by atomic mass is 32.1. The number of nitrogens with two attached hydrogens (primary N) is 1. The van der Waals surface area contributed by atoms with Crippen molar-refractivity contribution in [2.75, 3.05) is 18.9 Å². The van der Waals surface area contributed by atoms with Gasteiger partial charge in [0, 0.05) is 0 Å². The molecule has 0 bridgehead atoms. The molecule has 0 atom stereocenters. The van der Waals surface area contributed by atoms with E-state index < -0.39 is 0 Å². The average Bonchev–Trinajstić information content (AvgIpc) is 2.98. The SMILES string of the molecule is Nc1nc2c(ncn2COCCOC(=O)c2ccccc2)c(=S)[nH]1. The number of fused-ring (bicyclic) bond motifs is 1. The zero-order valence-electron chi connectivity index (χ0n) is 12.6. The van der Waals surface area contributed by atoms with Gasteiger partial charge in [0.05, 0.1) is 18.5 Å². The molecule has 3 N–H and O–H groups in total. The minimum absolute atomic E-state index is 0.149. The van der Waals surface area contributed by atoms with E-state index in [-0.39, 0.29) is 31.9 Å². The maximum Gasteiger partial charge on any atom is 0.338 e. The molecule has 124 valence electrons. The second-order valence-electron chi connectivity index (χ2n) is 4.88. The number of carbonyl (C=O) groups is 1. The predicted octanol–water partition coefficient (Wildman–Crippen LogP) is 1.90. The number of aromatic amines is 1. The highest BCUT2D eigenvalue weighted by molar-refractivity contribution is 7.71. The van der Waals surface area contributed by atoms with Crippen LogP contribution in [0.15, 0.2) is 36.7 Å². The number of benzene rings is 1. The lowest BCUT2D eigenvalue weighted by Crippen LogP contribution is -2.12. The number of anilines is 1. The van der Waals surface area contributed by atoms with E-state index in [1.807, 2.05) is 6.07 Å². The van der Waals surface area contributed by atoms with E-state index in [9.17, 15) is 4.79 Å². The maximum absolute atomic E-state index is 11.8. The second kappa shape index (κ2) is 7.20. The summed E-state index contributed by atoms with van der Waals surface area (Å²) in [6.45, 7) is 0.591. The van der Waals surface area contributed by atoms with E-state index in [4.69, 9.17) is 27.4 Å². The summed E-state index contributed by atoms with van der Waals surface area (Å²) < 4.78 is 12.7. The summed E-state index contributed by atoms with van der Waals surface area (Å²) in [6.07, 6.45) is 1.57. The number of imidazole rings is 1. The van der Waals surface area contributed by atoms with Crippen molar-refractivity contribution in [1.29, 1.82) is 0 Å². The highest BCUT2D eigenvalue weighted by Crippen LogP contribution is 2.12. The first-order valence-corrected chi connectivity index (χ1v) is 7.56. The van der Waals surface area contributed by atoms with E-state index in [2.05, 4.69) is 15.0 Å². The van der Waals surface area contributed by atoms with Crippen molar-refractivity contribution in [2.45, 2.75) is 6.73 Å². The van der Waals surface area contributed by atoms with E-state index in [0.717, 1.165) is 0 Å². The van der Waals surface area contributed by atoms with Crippen molar-refractivity contribution in [1.82, 2.24) is 19.5 Å². The molecule has 0 aliphatic carbocycles. The van der Waals surface area contributed by atoms with Gasteiger partial charge in [0.25, 0.3) is 0 Å². The number of carbonyl (C=O) groups excluding carboxylic acids is 1. The average molecular weight is 345 g/mol. The van der Waals surface area contributed by atoms with Gasteiger partial charge in [0.2, 0.25) is 5.95 Å². The van der Waals surface area contributed by atoms with Crippen molar-refractivity contribution in [3.8, 4) is 0 Å². The van der Waals surface area contributed by atoms with Crippen LogP contribution in [0.5, 0.6) is 0 Å². The number of hydrogen-bond donors (Lipinski definition) is 2. The van der Waals surface area contributed by atoms with E-state index in [1.165, 1.54) is 0 Å². The van der Waals surface area contributed by atoms with E-state index >= 15 is 0 Å². The molecule has 0 radical (unpaired) electrons. The number of nitrogens with one attached hydrogen (secondary N) is 1. The van der Waals surface area contributed by atoms with Crippen LogP contribution in [0, 0.1) is 4.64 Å². The van der Waals surface area contributed by atoms with Gasteiger partial charge in [-0.3, -0.25) is 4.57 Å². The van der Waals surface area contributed by atoms with E-state index in [0.29, 0.717) is 21.4 Å². The first-order valence-electron chi connectivity index (χ1n) is 7.15. The molecule has 0 unspecified atom stereocenters. The van der Waals surface area contributed by atoms with Crippen molar-refractivity contribution in [3.05, 3.63) is 46.9 Å². The molecular weight excluding hydrogens is 330 g/mol. The number of nitrogen functional groups attached to an aromatic ring is 1. The normalized spacial score (nSPS) is 10.8.